The van der Waals surface area contributed by atoms with E-state index in [0.29, 0.717) is 17.1 Å². The number of carbonyl (C=O) groups excluding carboxylic acids is 1. The molecular formula is C15H20FNO3S. The fourth-order valence-electron chi connectivity index (χ4n) is 1.55. The maximum atomic E-state index is 13.4. The third-order valence-electron chi connectivity index (χ3n) is 3.40. The molecule has 0 radical (unpaired) electrons. The average molecular weight is 313 g/mol. The molecule has 116 valence electrons. The normalized spacial score (nSPS) is 13.5. The number of rotatable bonds is 8. The largest absolute Gasteiger partial charge is 0.481 e. The van der Waals surface area contributed by atoms with Gasteiger partial charge in [-0.1, -0.05) is 19.1 Å². The predicted molar refractivity (Wildman–Crippen MR) is 80.8 cm³/mol. The molecule has 1 aromatic rings. The standard InChI is InChI=1S/C15H20FNO3S/c1-3-15(2,14(19)20)10-17-13(18)8-9-21-12-7-5-4-6-11(12)16/h4-7H,3,8-10H2,1-2H3,(H,17,18)(H,19,20). The van der Waals surface area contributed by atoms with Gasteiger partial charge < -0.3 is 10.4 Å². The monoisotopic (exact) mass is 313 g/mol. The third-order valence-corrected chi connectivity index (χ3v) is 4.45. The van der Waals surface area contributed by atoms with Crippen LogP contribution in [0.3, 0.4) is 0 Å². The van der Waals surface area contributed by atoms with Gasteiger partial charge in [-0.2, -0.15) is 0 Å². The van der Waals surface area contributed by atoms with Gasteiger partial charge in [0, 0.05) is 23.6 Å². The molecule has 1 amide bonds. The van der Waals surface area contributed by atoms with Gasteiger partial charge >= 0.3 is 5.97 Å². The fourth-order valence-corrected chi connectivity index (χ4v) is 2.44. The summed E-state index contributed by atoms with van der Waals surface area (Å²) in [5, 5.41) is 11.7. The van der Waals surface area contributed by atoms with E-state index in [0.717, 1.165) is 0 Å². The predicted octanol–water partition coefficient (Wildman–Crippen LogP) is 2.93. The van der Waals surface area contributed by atoms with Crippen molar-refractivity contribution in [3.63, 3.8) is 0 Å². The van der Waals surface area contributed by atoms with Crippen LogP contribution in [0.4, 0.5) is 4.39 Å². The molecule has 0 aromatic heterocycles. The number of hydrogen-bond donors (Lipinski definition) is 2. The van der Waals surface area contributed by atoms with E-state index in [2.05, 4.69) is 5.32 Å². The first-order valence-corrected chi connectivity index (χ1v) is 7.75. The summed E-state index contributed by atoms with van der Waals surface area (Å²) in [4.78, 5) is 23.3. The van der Waals surface area contributed by atoms with Crippen molar-refractivity contribution in [2.75, 3.05) is 12.3 Å². The highest BCUT2D eigenvalue weighted by atomic mass is 32.2. The number of thioether (sulfide) groups is 1. The maximum Gasteiger partial charge on any atom is 0.311 e. The molecule has 0 aliphatic rings. The topological polar surface area (TPSA) is 66.4 Å². The van der Waals surface area contributed by atoms with Crippen molar-refractivity contribution in [3.05, 3.63) is 30.1 Å². The molecule has 1 rings (SSSR count). The molecule has 0 fully saturated rings. The van der Waals surface area contributed by atoms with Crippen molar-refractivity contribution >= 4 is 23.6 Å². The molecule has 0 bridgehead atoms. The molecule has 1 unspecified atom stereocenters. The number of nitrogens with one attached hydrogen (secondary N) is 1. The van der Waals surface area contributed by atoms with E-state index in [1.54, 1.807) is 32.0 Å². The van der Waals surface area contributed by atoms with E-state index >= 15 is 0 Å². The van der Waals surface area contributed by atoms with E-state index in [1.807, 2.05) is 0 Å². The van der Waals surface area contributed by atoms with Crippen LogP contribution in [0, 0.1) is 11.2 Å². The summed E-state index contributed by atoms with van der Waals surface area (Å²) in [7, 11) is 0. The zero-order valence-electron chi connectivity index (χ0n) is 12.2. The zero-order valence-corrected chi connectivity index (χ0v) is 13.0. The molecule has 0 heterocycles. The van der Waals surface area contributed by atoms with Crippen LogP contribution >= 0.6 is 11.8 Å². The lowest BCUT2D eigenvalue weighted by atomic mass is 9.88. The second-order valence-electron chi connectivity index (χ2n) is 5.02. The number of aliphatic carboxylic acids is 1. The minimum absolute atomic E-state index is 0.0992. The molecule has 0 aliphatic carbocycles. The maximum absolute atomic E-state index is 13.4. The molecule has 2 N–H and O–H groups in total. The van der Waals surface area contributed by atoms with Crippen molar-refractivity contribution in [1.29, 1.82) is 0 Å². The third kappa shape index (κ3) is 5.38. The Kier molecular flexibility index (Phi) is 6.68. The van der Waals surface area contributed by atoms with E-state index in [4.69, 9.17) is 5.11 Å². The molecule has 1 atom stereocenters. The summed E-state index contributed by atoms with van der Waals surface area (Å²) < 4.78 is 13.4. The lowest BCUT2D eigenvalue weighted by molar-refractivity contribution is -0.148. The first-order valence-electron chi connectivity index (χ1n) is 6.76. The Hall–Kier alpha value is -1.56. The van der Waals surface area contributed by atoms with Crippen LogP contribution in [-0.4, -0.2) is 29.3 Å². The molecule has 6 heteroatoms. The molecule has 0 spiro atoms. The molecule has 0 saturated heterocycles. The van der Waals surface area contributed by atoms with Gasteiger partial charge in [0.1, 0.15) is 5.82 Å². The number of carbonyl (C=O) groups is 2. The van der Waals surface area contributed by atoms with Crippen molar-refractivity contribution in [2.45, 2.75) is 31.6 Å². The Labute approximate surface area is 128 Å². The van der Waals surface area contributed by atoms with Crippen LogP contribution in [0.1, 0.15) is 26.7 Å². The van der Waals surface area contributed by atoms with Gasteiger partial charge in [0.05, 0.1) is 5.41 Å². The molecule has 4 nitrogen and oxygen atoms in total. The van der Waals surface area contributed by atoms with Crippen LogP contribution in [-0.2, 0) is 9.59 Å². The summed E-state index contributed by atoms with van der Waals surface area (Å²) in [5.74, 6) is -0.999. The minimum atomic E-state index is -0.950. The zero-order chi connectivity index (χ0) is 15.9. The van der Waals surface area contributed by atoms with Gasteiger partial charge in [0.15, 0.2) is 0 Å². The number of carboxylic acid groups (broad SMARTS) is 1. The van der Waals surface area contributed by atoms with E-state index < -0.39 is 11.4 Å². The van der Waals surface area contributed by atoms with Crippen molar-refractivity contribution in [2.24, 2.45) is 5.41 Å². The Morgan fingerprint density at radius 3 is 2.62 bits per heavy atom. The highest BCUT2D eigenvalue weighted by Crippen LogP contribution is 2.22. The molecule has 21 heavy (non-hydrogen) atoms. The molecule has 1 aromatic carbocycles. The highest BCUT2D eigenvalue weighted by molar-refractivity contribution is 7.99. The Balaban J connectivity index is 2.35. The average Bonchev–Trinajstić information content (AvgIpc) is 2.46. The Morgan fingerprint density at radius 1 is 1.38 bits per heavy atom. The summed E-state index contributed by atoms with van der Waals surface area (Å²) >= 11 is 1.27. The van der Waals surface area contributed by atoms with Crippen molar-refractivity contribution in [1.82, 2.24) is 5.32 Å². The van der Waals surface area contributed by atoms with Gasteiger partial charge in [-0.15, -0.1) is 11.8 Å². The van der Waals surface area contributed by atoms with E-state index in [1.165, 1.54) is 17.8 Å². The van der Waals surface area contributed by atoms with Gasteiger partial charge in [-0.25, -0.2) is 4.39 Å². The minimum Gasteiger partial charge on any atom is -0.481 e. The quantitative estimate of drug-likeness (QED) is 0.724. The summed E-state index contributed by atoms with van der Waals surface area (Å²) in [6, 6.07) is 6.40. The van der Waals surface area contributed by atoms with E-state index in [-0.39, 0.29) is 24.7 Å². The van der Waals surface area contributed by atoms with Crippen LogP contribution in [0.15, 0.2) is 29.2 Å². The first-order chi connectivity index (χ1) is 9.89. The first kappa shape index (κ1) is 17.5. The Bertz CT molecular complexity index is 509. The fraction of sp³-hybridized carbons (Fsp3) is 0.467. The van der Waals surface area contributed by atoms with Crippen LogP contribution in [0.2, 0.25) is 0 Å². The second kappa shape index (κ2) is 8.02. The number of halogens is 1. The summed E-state index contributed by atoms with van der Waals surface area (Å²) in [5.41, 5.74) is -0.950. The van der Waals surface area contributed by atoms with Gasteiger partial charge in [-0.05, 0) is 25.5 Å². The van der Waals surface area contributed by atoms with Gasteiger partial charge in [0.25, 0.3) is 0 Å². The molecule has 0 aliphatic heterocycles. The Morgan fingerprint density at radius 2 is 2.05 bits per heavy atom. The lowest BCUT2D eigenvalue weighted by Gasteiger charge is -2.23. The van der Waals surface area contributed by atoms with Crippen molar-refractivity contribution < 1.29 is 19.1 Å². The SMILES string of the molecule is CCC(C)(CNC(=O)CCSc1ccccc1F)C(=O)O. The van der Waals surface area contributed by atoms with Crippen LogP contribution in [0.25, 0.3) is 0 Å². The van der Waals surface area contributed by atoms with Gasteiger partial charge in [0.2, 0.25) is 5.91 Å². The van der Waals surface area contributed by atoms with Gasteiger partial charge in [-0.3, -0.25) is 9.59 Å². The smallest absolute Gasteiger partial charge is 0.311 e. The number of hydrogen-bond acceptors (Lipinski definition) is 3. The molecule has 0 saturated carbocycles. The summed E-state index contributed by atoms with van der Waals surface area (Å²) in [6.45, 7) is 3.47. The van der Waals surface area contributed by atoms with E-state index in [9.17, 15) is 14.0 Å². The molecular weight excluding hydrogens is 293 g/mol. The number of carboxylic acids is 1. The highest BCUT2D eigenvalue weighted by Gasteiger charge is 2.31. The number of amides is 1. The summed E-state index contributed by atoms with van der Waals surface area (Å²) in [6.07, 6.45) is 0.658. The van der Waals surface area contributed by atoms with Crippen LogP contribution < -0.4 is 5.32 Å². The number of benzene rings is 1. The lowest BCUT2D eigenvalue weighted by Crippen LogP contribution is -2.40. The van der Waals surface area contributed by atoms with Crippen molar-refractivity contribution in [3.8, 4) is 0 Å². The van der Waals surface area contributed by atoms with Crippen LogP contribution in [0.5, 0.6) is 0 Å². The second-order valence-corrected chi connectivity index (χ2v) is 6.16.